The number of fused-ring (bicyclic) bond motifs is 12. The topological polar surface area (TPSA) is 31.3 Å². The fourth-order valence-electron chi connectivity index (χ4n) is 10.5. The van der Waals surface area contributed by atoms with Gasteiger partial charge in [0.1, 0.15) is 0 Å². The van der Waals surface area contributed by atoms with E-state index in [0.717, 1.165) is 60.8 Å². The SMILES string of the molecule is C=Cc1c(C=C)n2c(=O)c3ccccc3c3ccc(-c4ccc5ccc6cc(-n7c8ccccc8c8ccc9c%10ccccc%10n(-c%10ccccc%10)c9c87)ccc6c5c4)c1c32. The Kier molecular flexibility index (Phi) is 6.86. The normalized spacial score (nSPS) is 12.1. The largest absolute Gasteiger partial charge is 0.307 e. The molecular weight excluding hydrogens is 743 g/mol. The second-order valence-electron chi connectivity index (χ2n) is 16.1. The monoisotopic (exact) mass is 777 g/mol. The number of aromatic nitrogens is 3. The molecule has 4 aromatic heterocycles. The van der Waals surface area contributed by atoms with E-state index in [0.29, 0.717) is 5.39 Å². The number of nitrogens with zero attached hydrogens (tertiary/aromatic N) is 3. The first kappa shape index (κ1) is 33.7. The van der Waals surface area contributed by atoms with E-state index in [1.54, 1.807) is 6.08 Å². The summed E-state index contributed by atoms with van der Waals surface area (Å²) in [5, 5.41) is 13.3. The molecule has 0 aliphatic carbocycles. The zero-order valence-electron chi connectivity index (χ0n) is 33.1. The van der Waals surface area contributed by atoms with Crippen LogP contribution in [0.25, 0.3) is 127 Å². The molecule has 0 bridgehead atoms. The molecule has 13 rings (SSSR count). The zero-order chi connectivity index (χ0) is 40.5. The fourth-order valence-corrected chi connectivity index (χ4v) is 10.5. The molecule has 0 unspecified atom stereocenters. The molecule has 0 spiro atoms. The van der Waals surface area contributed by atoms with E-state index in [2.05, 4.69) is 174 Å². The van der Waals surface area contributed by atoms with Crippen LogP contribution < -0.4 is 5.56 Å². The van der Waals surface area contributed by atoms with Crippen LogP contribution in [0, 0.1) is 0 Å². The van der Waals surface area contributed by atoms with Crippen molar-refractivity contribution in [2.45, 2.75) is 0 Å². The van der Waals surface area contributed by atoms with Gasteiger partial charge in [0.05, 0.1) is 33.3 Å². The van der Waals surface area contributed by atoms with Crippen molar-refractivity contribution in [3.63, 3.8) is 0 Å². The molecule has 9 aromatic carbocycles. The van der Waals surface area contributed by atoms with E-state index in [1.807, 2.05) is 34.7 Å². The van der Waals surface area contributed by atoms with Crippen molar-refractivity contribution < 1.29 is 0 Å². The molecule has 4 heteroatoms. The summed E-state index contributed by atoms with van der Waals surface area (Å²) in [6, 6.07) is 63.2. The minimum Gasteiger partial charge on any atom is -0.307 e. The van der Waals surface area contributed by atoms with Crippen LogP contribution in [0.15, 0.2) is 194 Å². The van der Waals surface area contributed by atoms with Crippen LogP contribution in [0.3, 0.4) is 0 Å². The number of hydrogen-bond donors (Lipinski definition) is 0. The van der Waals surface area contributed by atoms with Crippen LogP contribution in [0.2, 0.25) is 0 Å². The first-order valence-electron chi connectivity index (χ1n) is 20.7. The summed E-state index contributed by atoms with van der Waals surface area (Å²) < 4.78 is 6.73. The van der Waals surface area contributed by atoms with E-state index in [1.165, 1.54) is 59.8 Å². The Morgan fingerprint density at radius 1 is 0.410 bits per heavy atom. The summed E-state index contributed by atoms with van der Waals surface area (Å²) >= 11 is 0. The lowest BCUT2D eigenvalue weighted by molar-refractivity contribution is 1.13. The minimum absolute atomic E-state index is 0.0425. The summed E-state index contributed by atoms with van der Waals surface area (Å²) in [6.45, 7) is 8.37. The van der Waals surface area contributed by atoms with Gasteiger partial charge < -0.3 is 9.13 Å². The van der Waals surface area contributed by atoms with E-state index in [9.17, 15) is 4.79 Å². The van der Waals surface area contributed by atoms with Crippen molar-refractivity contribution in [2.24, 2.45) is 0 Å². The maximum absolute atomic E-state index is 14.1. The third-order valence-electron chi connectivity index (χ3n) is 13.1. The molecule has 0 saturated heterocycles. The van der Waals surface area contributed by atoms with Crippen LogP contribution >= 0.6 is 0 Å². The molecule has 0 N–H and O–H groups in total. The third kappa shape index (κ3) is 4.45. The van der Waals surface area contributed by atoms with E-state index in [-0.39, 0.29) is 5.56 Å². The predicted octanol–water partition coefficient (Wildman–Crippen LogP) is 14.5. The maximum atomic E-state index is 14.1. The number of pyridine rings is 1. The Morgan fingerprint density at radius 3 is 1.69 bits per heavy atom. The van der Waals surface area contributed by atoms with Gasteiger partial charge in [0, 0.05) is 54.6 Å². The van der Waals surface area contributed by atoms with E-state index >= 15 is 0 Å². The third-order valence-corrected chi connectivity index (χ3v) is 13.1. The van der Waals surface area contributed by atoms with Gasteiger partial charge in [-0.1, -0.05) is 147 Å². The van der Waals surface area contributed by atoms with Gasteiger partial charge in [0.25, 0.3) is 5.56 Å². The summed E-state index contributed by atoms with van der Waals surface area (Å²) in [5.41, 5.74) is 11.7. The highest BCUT2D eigenvalue weighted by molar-refractivity contribution is 6.24. The van der Waals surface area contributed by atoms with Crippen molar-refractivity contribution in [2.75, 3.05) is 0 Å². The first-order chi connectivity index (χ1) is 30.1. The van der Waals surface area contributed by atoms with Gasteiger partial charge in [-0.05, 0) is 92.7 Å². The Hall–Kier alpha value is -8.21. The Balaban J connectivity index is 1.06. The van der Waals surface area contributed by atoms with Crippen molar-refractivity contribution in [1.82, 2.24) is 13.5 Å². The van der Waals surface area contributed by atoms with Crippen molar-refractivity contribution in [1.29, 1.82) is 0 Å². The van der Waals surface area contributed by atoms with Crippen LogP contribution in [0.4, 0.5) is 0 Å². The molecule has 0 aliphatic heterocycles. The summed E-state index contributed by atoms with van der Waals surface area (Å²) in [6.07, 6.45) is 3.65. The molecule has 4 heterocycles. The van der Waals surface area contributed by atoms with E-state index in [4.69, 9.17) is 0 Å². The van der Waals surface area contributed by atoms with E-state index < -0.39 is 0 Å². The molecule has 4 nitrogen and oxygen atoms in total. The van der Waals surface area contributed by atoms with Gasteiger partial charge in [-0.2, -0.15) is 0 Å². The average Bonchev–Trinajstić information content (AvgIpc) is 3.97. The van der Waals surface area contributed by atoms with Crippen LogP contribution in [-0.4, -0.2) is 13.5 Å². The van der Waals surface area contributed by atoms with Crippen LogP contribution in [-0.2, 0) is 0 Å². The molecule has 0 radical (unpaired) electrons. The molecule has 0 atom stereocenters. The predicted molar refractivity (Wildman–Crippen MR) is 259 cm³/mol. The Bertz CT molecular complexity index is 4110. The molecule has 61 heavy (non-hydrogen) atoms. The lowest BCUT2D eigenvalue weighted by Gasteiger charge is -2.14. The summed E-state index contributed by atoms with van der Waals surface area (Å²) in [7, 11) is 0. The van der Waals surface area contributed by atoms with Gasteiger partial charge in [-0.3, -0.25) is 9.20 Å². The molecule has 0 fully saturated rings. The van der Waals surface area contributed by atoms with Crippen LogP contribution in [0.5, 0.6) is 0 Å². The zero-order valence-corrected chi connectivity index (χ0v) is 33.1. The number of rotatable bonds is 5. The molecule has 13 aromatic rings. The van der Waals surface area contributed by atoms with Gasteiger partial charge in [0.15, 0.2) is 0 Å². The fraction of sp³-hybridized carbons (Fsp3) is 0. The molecular formula is C57H35N3O. The smallest absolute Gasteiger partial charge is 0.263 e. The summed E-state index contributed by atoms with van der Waals surface area (Å²) in [5.74, 6) is 0. The number of para-hydroxylation sites is 3. The average molecular weight is 778 g/mol. The van der Waals surface area contributed by atoms with Crippen molar-refractivity contribution in [3.05, 3.63) is 211 Å². The molecule has 0 saturated carbocycles. The minimum atomic E-state index is -0.0425. The lowest BCUT2D eigenvalue weighted by atomic mass is 9.92. The Morgan fingerprint density at radius 2 is 0.984 bits per heavy atom. The first-order valence-corrected chi connectivity index (χ1v) is 20.7. The lowest BCUT2D eigenvalue weighted by Crippen LogP contribution is -2.14. The Labute approximate surface area is 349 Å². The highest BCUT2D eigenvalue weighted by atomic mass is 16.1. The van der Waals surface area contributed by atoms with Gasteiger partial charge in [-0.15, -0.1) is 0 Å². The van der Waals surface area contributed by atoms with Crippen molar-refractivity contribution in [3.8, 4) is 22.5 Å². The highest BCUT2D eigenvalue weighted by Gasteiger charge is 2.24. The highest BCUT2D eigenvalue weighted by Crippen LogP contribution is 2.44. The maximum Gasteiger partial charge on any atom is 0.263 e. The molecule has 0 amide bonds. The van der Waals surface area contributed by atoms with Crippen LogP contribution in [0.1, 0.15) is 11.3 Å². The molecule has 284 valence electrons. The second kappa shape index (κ2) is 12.4. The van der Waals surface area contributed by atoms with Gasteiger partial charge >= 0.3 is 0 Å². The standard InChI is InChI=1S/C57H35N3O/c1-3-39-50(4-2)60-54-45(42-16-8-9-19-48(42)57(60)61)29-28-41(53(39)54)36-25-23-34-22-24-35-32-38(26-27-40(35)49(34)33-36)59-52-21-13-11-18-44(52)47-31-30-46-43-17-10-12-20-51(43)58(55(46)56(47)59)37-14-6-5-7-15-37/h3-33H,1-2H2. The number of benzene rings is 9. The van der Waals surface area contributed by atoms with Crippen molar-refractivity contribution >= 4 is 104 Å². The summed E-state index contributed by atoms with van der Waals surface area (Å²) in [4.78, 5) is 14.1. The number of hydrogen-bond acceptors (Lipinski definition) is 1. The van der Waals surface area contributed by atoms with Gasteiger partial charge in [-0.25, -0.2) is 0 Å². The second-order valence-corrected chi connectivity index (χ2v) is 16.1. The molecule has 0 aliphatic rings. The quantitative estimate of drug-likeness (QED) is 0.160. The van der Waals surface area contributed by atoms with Gasteiger partial charge in [0.2, 0.25) is 0 Å².